The third-order valence-corrected chi connectivity index (χ3v) is 3.36. The van der Waals surface area contributed by atoms with Crippen LogP contribution in [0.15, 0.2) is 28.7 Å². The van der Waals surface area contributed by atoms with Gasteiger partial charge in [0.1, 0.15) is 5.58 Å². The van der Waals surface area contributed by atoms with Crippen LogP contribution in [0.2, 0.25) is 0 Å². The van der Waals surface area contributed by atoms with E-state index in [4.69, 9.17) is 13.9 Å². The van der Waals surface area contributed by atoms with E-state index in [0.717, 1.165) is 18.2 Å². The fourth-order valence-corrected chi connectivity index (χ4v) is 2.20. The molecule has 23 heavy (non-hydrogen) atoms. The van der Waals surface area contributed by atoms with Gasteiger partial charge in [-0.25, -0.2) is 4.79 Å². The summed E-state index contributed by atoms with van der Waals surface area (Å²) in [6.45, 7) is 2.51. The highest BCUT2D eigenvalue weighted by Crippen LogP contribution is 2.27. The molecule has 1 aromatic carbocycles. The summed E-state index contributed by atoms with van der Waals surface area (Å²) in [5.74, 6) is -0.912. The van der Waals surface area contributed by atoms with E-state index in [1.54, 1.807) is 6.07 Å². The van der Waals surface area contributed by atoms with Gasteiger partial charge in [0.25, 0.3) is 5.91 Å². The third-order valence-electron chi connectivity index (χ3n) is 3.36. The van der Waals surface area contributed by atoms with Crippen molar-refractivity contribution in [2.45, 2.75) is 26.4 Å². The molecule has 124 valence electrons. The number of esters is 1. The Kier molecular flexibility index (Phi) is 6.17. The number of fused-ring (bicyclic) bond motifs is 1. The fraction of sp³-hybridized carbons (Fsp3) is 0.412. The predicted octanol–water partition coefficient (Wildman–Crippen LogP) is 2.65. The van der Waals surface area contributed by atoms with Crippen LogP contribution in [0.5, 0.6) is 0 Å². The number of benzene rings is 1. The molecule has 1 N–H and O–H groups in total. The number of carbonyl (C=O) groups is 2. The number of rotatable bonds is 8. The lowest BCUT2D eigenvalue weighted by Gasteiger charge is -2.06. The molecule has 2 aromatic rings. The molecule has 0 radical (unpaired) electrons. The highest BCUT2D eigenvalue weighted by Gasteiger charge is 2.22. The smallest absolute Gasteiger partial charge is 0.375 e. The molecule has 0 bridgehead atoms. The molecule has 0 spiro atoms. The summed E-state index contributed by atoms with van der Waals surface area (Å²) in [6, 6.07) is 7.29. The first kappa shape index (κ1) is 17.0. The number of furan rings is 1. The van der Waals surface area contributed by atoms with E-state index >= 15 is 0 Å². The van der Waals surface area contributed by atoms with Crippen LogP contribution in [0.25, 0.3) is 11.0 Å². The van der Waals surface area contributed by atoms with Gasteiger partial charge in [-0.1, -0.05) is 31.5 Å². The number of para-hydroxylation sites is 1. The van der Waals surface area contributed by atoms with Gasteiger partial charge in [0.15, 0.2) is 6.61 Å². The summed E-state index contributed by atoms with van der Waals surface area (Å²) in [5.41, 5.74) is 1.21. The third kappa shape index (κ3) is 4.32. The van der Waals surface area contributed by atoms with Crippen molar-refractivity contribution >= 4 is 22.8 Å². The van der Waals surface area contributed by atoms with Crippen molar-refractivity contribution in [2.24, 2.45) is 0 Å². The number of nitrogens with one attached hydrogen (secondary N) is 1. The van der Waals surface area contributed by atoms with Crippen LogP contribution in [-0.4, -0.2) is 32.1 Å². The van der Waals surface area contributed by atoms with Gasteiger partial charge < -0.3 is 19.2 Å². The second kappa shape index (κ2) is 8.33. The summed E-state index contributed by atoms with van der Waals surface area (Å²) in [7, 11) is 1.54. The Balaban J connectivity index is 2.05. The maximum absolute atomic E-state index is 12.2. The summed E-state index contributed by atoms with van der Waals surface area (Å²) >= 11 is 0. The number of amides is 1. The summed E-state index contributed by atoms with van der Waals surface area (Å²) < 4.78 is 15.7. The highest BCUT2D eigenvalue weighted by atomic mass is 16.5. The summed E-state index contributed by atoms with van der Waals surface area (Å²) in [5, 5.41) is 3.49. The van der Waals surface area contributed by atoms with Crippen molar-refractivity contribution in [2.75, 3.05) is 20.3 Å². The van der Waals surface area contributed by atoms with E-state index in [2.05, 4.69) is 5.32 Å². The molecular formula is C17H21NO5. The fourth-order valence-electron chi connectivity index (χ4n) is 2.20. The molecular weight excluding hydrogens is 298 g/mol. The van der Waals surface area contributed by atoms with Crippen molar-refractivity contribution < 1.29 is 23.5 Å². The second-order valence-electron chi connectivity index (χ2n) is 5.12. The largest absolute Gasteiger partial charge is 0.450 e. The zero-order valence-corrected chi connectivity index (χ0v) is 13.4. The van der Waals surface area contributed by atoms with Crippen LogP contribution in [-0.2, 0) is 20.9 Å². The van der Waals surface area contributed by atoms with E-state index in [9.17, 15) is 9.59 Å². The molecule has 0 aliphatic heterocycles. The first-order chi connectivity index (χ1) is 11.2. The minimum atomic E-state index is -0.668. The van der Waals surface area contributed by atoms with Crippen LogP contribution in [0.3, 0.4) is 0 Å². The van der Waals surface area contributed by atoms with E-state index in [1.807, 2.05) is 25.1 Å². The molecule has 0 aliphatic carbocycles. The first-order valence-electron chi connectivity index (χ1n) is 7.60. The van der Waals surface area contributed by atoms with Gasteiger partial charge in [-0.3, -0.25) is 4.79 Å². The summed E-state index contributed by atoms with van der Waals surface area (Å²) in [6.07, 6.45) is 1.88. The lowest BCUT2D eigenvalue weighted by atomic mass is 10.1. The lowest BCUT2D eigenvalue weighted by molar-refractivity contribution is -0.124. The molecule has 0 saturated carbocycles. The lowest BCUT2D eigenvalue weighted by Crippen LogP contribution is -2.29. The van der Waals surface area contributed by atoms with Crippen LogP contribution in [0, 0.1) is 0 Å². The molecule has 0 aliphatic rings. The molecule has 2 rings (SSSR count). The number of ether oxygens (including phenoxy) is 2. The average molecular weight is 319 g/mol. The summed E-state index contributed by atoms with van der Waals surface area (Å²) in [4.78, 5) is 23.8. The SMILES string of the molecule is CCCCNC(=O)COC(=O)c1oc2ccccc2c1COC. The average Bonchev–Trinajstić information content (AvgIpc) is 2.92. The Bertz CT molecular complexity index is 677. The molecule has 6 heteroatoms. The van der Waals surface area contributed by atoms with E-state index < -0.39 is 5.97 Å². The minimum absolute atomic E-state index is 0.0782. The van der Waals surface area contributed by atoms with Crippen LogP contribution < -0.4 is 5.32 Å². The highest BCUT2D eigenvalue weighted by molar-refractivity contribution is 5.96. The van der Waals surface area contributed by atoms with Crippen molar-refractivity contribution in [1.29, 1.82) is 0 Å². The van der Waals surface area contributed by atoms with E-state index in [-0.39, 0.29) is 24.9 Å². The number of unbranched alkanes of at least 4 members (excludes halogenated alkanes) is 1. The van der Waals surface area contributed by atoms with E-state index in [0.29, 0.717) is 17.7 Å². The Morgan fingerprint density at radius 1 is 1.26 bits per heavy atom. The second-order valence-corrected chi connectivity index (χ2v) is 5.12. The monoisotopic (exact) mass is 319 g/mol. The van der Waals surface area contributed by atoms with E-state index in [1.165, 1.54) is 7.11 Å². The van der Waals surface area contributed by atoms with Gasteiger partial charge in [0, 0.05) is 24.6 Å². The first-order valence-corrected chi connectivity index (χ1v) is 7.60. The standard InChI is InChI=1S/C17H21NO5/c1-3-4-9-18-15(19)11-22-17(20)16-13(10-21-2)12-7-5-6-8-14(12)23-16/h5-8H,3-4,9-11H2,1-2H3,(H,18,19). The predicted molar refractivity (Wildman–Crippen MR) is 85.1 cm³/mol. The number of hydrogen-bond acceptors (Lipinski definition) is 5. The van der Waals surface area contributed by atoms with Crippen LogP contribution >= 0.6 is 0 Å². The Morgan fingerprint density at radius 3 is 2.78 bits per heavy atom. The number of carbonyl (C=O) groups excluding carboxylic acids is 2. The van der Waals surface area contributed by atoms with Crippen molar-refractivity contribution in [1.82, 2.24) is 5.32 Å². The van der Waals surface area contributed by atoms with Gasteiger partial charge >= 0.3 is 5.97 Å². The maximum atomic E-state index is 12.2. The molecule has 0 unspecified atom stereocenters. The maximum Gasteiger partial charge on any atom is 0.375 e. The topological polar surface area (TPSA) is 77.8 Å². The molecule has 0 saturated heterocycles. The quantitative estimate of drug-likeness (QED) is 0.598. The Morgan fingerprint density at radius 2 is 2.04 bits per heavy atom. The molecule has 6 nitrogen and oxygen atoms in total. The van der Waals surface area contributed by atoms with Crippen LogP contribution in [0.4, 0.5) is 0 Å². The van der Waals surface area contributed by atoms with Gasteiger partial charge in [-0.05, 0) is 12.5 Å². The minimum Gasteiger partial charge on any atom is -0.450 e. The van der Waals surface area contributed by atoms with Crippen molar-refractivity contribution in [3.05, 3.63) is 35.6 Å². The normalized spacial score (nSPS) is 10.7. The van der Waals surface area contributed by atoms with Crippen molar-refractivity contribution in [3.8, 4) is 0 Å². The molecule has 0 atom stereocenters. The molecule has 1 aromatic heterocycles. The van der Waals surface area contributed by atoms with Gasteiger partial charge in [0.05, 0.1) is 6.61 Å². The van der Waals surface area contributed by atoms with Crippen LogP contribution in [0.1, 0.15) is 35.9 Å². The number of methoxy groups -OCH3 is 1. The molecule has 1 amide bonds. The van der Waals surface area contributed by atoms with Crippen molar-refractivity contribution in [3.63, 3.8) is 0 Å². The number of hydrogen-bond donors (Lipinski definition) is 1. The Hall–Kier alpha value is -2.34. The van der Waals surface area contributed by atoms with Gasteiger partial charge in [-0.15, -0.1) is 0 Å². The van der Waals surface area contributed by atoms with Gasteiger partial charge in [0.2, 0.25) is 5.76 Å². The Labute approximate surface area is 134 Å². The zero-order valence-electron chi connectivity index (χ0n) is 13.4. The molecule has 0 fully saturated rings. The zero-order chi connectivity index (χ0) is 16.7. The molecule has 1 heterocycles. The van der Waals surface area contributed by atoms with Gasteiger partial charge in [-0.2, -0.15) is 0 Å².